The molecule has 70 valence electrons. The molecule has 0 aliphatic carbocycles. The van der Waals surface area contributed by atoms with E-state index >= 15 is 0 Å². The van der Waals surface area contributed by atoms with Gasteiger partial charge < -0.3 is 10.5 Å². The average molecular weight is 195 g/mol. The molecule has 0 aromatic heterocycles. The van der Waals surface area contributed by atoms with Gasteiger partial charge in [0.1, 0.15) is 12.4 Å². The Morgan fingerprint density at radius 3 is 3.00 bits per heavy atom. The Morgan fingerprint density at radius 2 is 2.23 bits per heavy atom. The molecule has 1 aliphatic rings. The van der Waals surface area contributed by atoms with Gasteiger partial charge in [0.15, 0.2) is 0 Å². The minimum atomic E-state index is 0.111. The maximum absolute atomic E-state index is 6.10. The van der Waals surface area contributed by atoms with Gasteiger partial charge in [-0.2, -0.15) is 11.8 Å². The van der Waals surface area contributed by atoms with Crippen molar-refractivity contribution in [3.05, 3.63) is 29.8 Å². The third-order valence-corrected chi connectivity index (χ3v) is 3.42. The van der Waals surface area contributed by atoms with Crippen molar-refractivity contribution in [1.82, 2.24) is 0 Å². The fourth-order valence-electron chi connectivity index (χ4n) is 1.58. The van der Waals surface area contributed by atoms with Crippen LogP contribution in [-0.4, -0.2) is 18.1 Å². The molecule has 2 atom stereocenters. The van der Waals surface area contributed by atoms with Crippen LogP contribution in [-0.2, 0) is 0 Å². The molecule has 0 spiro atoms. The lowest BCUT2D eigenvalue weighted by Crippen LogP contribution is -2.33. The molecular formula is C10H13NOS. The average Bonchev–Trinajstić information content (AvgIpc) is 2.19. The van der Waals surface area contributed by atoms with Gasteiger partial charge in [-0.15, -0.1) is 0 Å². The van der Waals surface area contributed by atoms with Crippen molar-refractivity contribution >= 4 is 11.8 Å². The van der Waals surface area contributed by atoms with Gasteiger partial charge in [-0.3, -0.25) is 0 Å². The van der Waals surface area contributed by atoms with Gasteiger partial charge in [-0.1, -0.05) is 18.2 Å². The van der Waals surface area contributed by atoms with Crippen LogP contribution >= 0.6 is 11.8 Å². The van der Waals surface area contributed by atoms with Crippen molar-refractivity contribution in [2.75, 3.05) is 12.9 Å². The van der Waals surface area contributed by atoms with Crippen LogP contribution in [0.5, 0.6) is 5.75 Å². The van der Waals surface area contributed by atoms with Gasteiger partial charge >= 0.3 is 0 Å². The van der Waals surface area contributed by atoms with Crippen molar-refractivity contribution in [3.63, 3.8) is 0 Å². The van der Waals surface area contributed by atoms with E-state index in [2.05, 4.69) is 6.26 Å². The molecule has 0 bridgehead atoms. The second kappa shape index (κ2) is 3.60. The van der Waals surface area contributed by atoms with E-state index in [0.29, 0.717) is 5.25 Å². The zero-order chi connectivity index (χ0) is 9.26. The topological polar surface area (TPSA) is 35.2 Å². The summed E-state index contributed by atoms with van der Waals surface area (Å²) >= 11 is 1.77. The molecular weight excluding hydrogens is 182 g/mol. The molecule has 2 N–H and O–H groups in total. The second-order valence-electron chi connectivity index (χ2n) is 3.15. The summed E-state index contributed by atoms with van der Waals surface area (Å²) in [5.41, 5.74) is 7.23. The zero-order valence-electron chi connectivity index (χ0n) is 7.57. The lowest BCUT2D eigenvalue weighted by Gasteiger charge is -2.29. The molecule has 2 rings (SSSR count). The van der Waals surface area contributed by atoms with Gasteiger partial charge in [0.2, 0.25) is 0 Å². The van der Waals surface area contributed by atoms with Crippen LogP contribution < -0.4 is 10.5 Å². The first kappa shape index (κ1) is 8.91. The highest BCUT2D eigenvalue weighted by molar-refractivity contribution is 7.99. The Bertz CT molecular complexity index is 303. The van der Waals surface area contributed by atoms with Gasteiger partial charge in [-0.25, -0.2) is 0 Å². The maximum Gasteiger partial charge on any atom is 0.124 e. The van der Waals surface area contributed by atoms with Crippen LogP contribution in [0.2, 0.25) is 0 Å². The highest BCUT2D eigenvalue weighted by Gasteiger charge is 2.26. The first-order chi connectivity index (χ1) is 6.33. The molecule has 1 aliphatic heterocycles. The van der Waals surface area contributed by atoms with E-state index in [0.717, 1.165) is 17.9 Å². The van der Waals surface area contributed by atoms with Gasteiger partial charge in [0.05, 0.1) is 5.25 Å². The third-order valence-electron chi connectivity index (χ3n) is 2.38. The summed E-state index contributed by atoms with van der Waals surface area (Å²) in [5, 5.41) is 0.384. The van der Waals surface area contributed by atoms with Gasteiger partial charge in [0.25, 0.3) is 0 Å². The standard InChI is InChI=1S/C10H13NOS/c1-13-9-6-12-8-5-3-2-4-7(8)10(9)11/h2-5,9-10H,6,11H2,1H3. The number of ether oxygens (including phenoxy) is 1. The van der Waals surface area contributed by atoms with Crippen LogP contribution in [0, 0.1) is 0 Å². The monoisotopic (exact) mass is 195 g/mol. The first-order valence-electron chi connectivity index (χ1n) is 4.33. The number of rotatable bonds is 1. The number of benzene rings is 1. The normalized spacial score (nSPS) is 26.3. The molecule has 2 nitrogen and oxygen atoms in total. The third kappa shape index (κ3) is 1.54. The molecule has 3 heteroatoms. The SMILES string of the molecule is CSC1COc2ccccc2C1N. The Balaban J connectivity index is 2.33. The van der Waals surface area contributed by atoms with E-state index in [4.69, 9.17) is 10.5 Å². The molecule has 2 unspecified atom stereocenters. The minimum absolute atomic E-state index is 0.111. The fourth-order valence-corrected chi connectivity index (χ4v) is 2.22. The lowest BCUT2D eigenvalue weighted by atomic mass is 10.0. The summed E-state index contributed by atoms with van der Waals surface area (Å²) in [4.78, 5) is 0. The summed E-state index contributed by atoms with van der Waals surface area (Å²) < 4.78 is 5.60. The molecule has 0 saturated carbocycles. The lowest BCUT2D eigenvalue weighted by molar-refractivity contribution is 0.276. The smallest absolute Gasteiger partial charge is 0.124 e. The molecule has 1 heterocycles. The molecule has 0 fully saturated rings. The number of nitrogens with two attached hydrogens (primary N) is 1. The summed E-state index contributed by atoms with van der Waals surface area (Å²) in [6, 6.07) is 8.11. The number of hydrogen-bond donors (Lipinski definition) is 1. The number of fused-ring (bicyclic) bond motifs is 1. The van der Waals surface area contributed by atoms with Crippen LogP contribution in [0.25, 0.3) is 0 Å². The first-order valence-corrected chi connectivity index (χ1v) is 5.62. The highest BCUT2D eigenvalue weighted by atomic mass is 32.2. The predicted molar refractivity (Wildman–Crippen MR) is 56.2 cm³/mol. The summed E-state index contributed by atoms with van der Waals surface area (Å²) in [5.74, 6) is 0.945. The van der Waals surface area contributed by atoms with Crippen molar-refractivity contribution in [2.24, 2.45) is 5.73 Å². The number of para-hydroxylation sites is 1. The van der Waals surface area contributed by atoms with Crippen LogP contribution in [0.15, 0.2) is 24.3 Å². The van der Waals surface area contributed by atoms with Crippen molar-refractivity contribution in [2.45, 2.75) is 11.3 Å². The van der Waals surface area contributed by atoms with Crippen molar-refractivity contribution in [1.29, 1.82) is 0 Å². The molecule has 1 aromatic rings. The predicted octanol–water partition coefficient (Wildman–Crippen LogP) is 1.81. The quantitative estimate of drug-likeness (QED) is 0.742. The summed E-state index contributed by atoms with van der Waals surface area (Å²) in [7, 11) is 0. The maximum atomic E-state index is 6.10. The molecule has 13 heavy (non-hydrogen) atoms. The molecule has 0 amide bonds. The van der Waals surface area contributed by atoms with E-state index in [9.17, 15) is 0 Å². The van der Waals surface area contributed by atoms with Gasteiger partial charge in [-0.05, 0) is 12.3 Å². The van der Waals surface area contributed by atoms with Gasteiger partial charge in [0, 0.05) is 11.6 Å². The fraction of sp³-hybridized carbons (Fsp3) is 0.400. The largest absolute Gasteiger partial charge is 0.492 e. The van der Waals surface area contributed by atoms with E-state index < -0.39 is 0 Å². The zero-order valence-corrected chi connectivity index (χ0v) is 8.38. The Kier molecular flexibility index (Phi) is 2.47. The molecule has 0 radical (unpaired) electrons. The molecule has 1 aromatic carbocycles. The number of hydrogen-bond acceptors (Lipinski definition) is 3. The van der Waals surface area contributed by atoms with E-state index in [1.807, 2.05) is 24.3 Å². The minimum Gasteiger partial charge on any atom is -0.492 e. The Morgan fingerprint density at radius 1 is 1.46 bits per heavy atom. The van der Waals surface area contributed by atoms with Crippen LogP contribution in [0.1, 0.15) is 11.6 Å². The van der Waals surface area contributed by atoms with Crippen LogP contribution in [0.4, 0.5) is 0 Å². The van der Waals surface area contributed by atoms with E-state index in [-0.39, 0.29) is 6.04 Å². The Hall–Kier alpha value is -0.670. The van der Waals surface area contributed by atoms with E-state index in [1.165, 1.54) is 0 Å². The number of thioether (sulfide) groups is 1. The Labute approximate surface area is 82.5 Å². The van der Waals surface area contributed by atoms with Crippen molar-refractivity contribution in [3.8, 4) is 5.75 Å². The van der Waals surface area contributed by atoms with Crippen LogP contribution in [0.3, 0.4) is 0 Å². The van der Waals surface area contributed by atoms with E-state index in [1.54, 1.807) is 11.8 Å². The molecule has 0 saturated heterocycles. The summed E-state index contributed by atoms with van der Waals surface area (Å²) in [6.45, 7) is 0.722. The summed E-state index contributed by atoms with van der Waals surface area (Å²) in [6.07, 6.45) is 2.07. The second-order valence-corrected chi connectivity index (χ2v) is 4.23. The van der Waals surface area contributed by atoms with Crippen molar-refractivity contribution < 1.29 is 4.74 Å². The highest BCUT2D eigenvalue weighted by Crippen LogP contribution is 2.34.